The zero-order valence-electron chi connectivity index (χ0n) is 35.3. The highest BCUT2D eigenvalue weighted by atomic mass is 16.3. The van der Waals surface area contributed by atoms with Crippen molar-refractivity contribution in [1.29, 1.82) is 0 Å². The van der Waals surface area contributed by atoms with E-state index in [1.807, 2.05) is 0 Å². The van der Waals surface area contributed by atoms with Crippen molar-refractivity contribution >= 4 is 82.5 Å². The van der Waals surface area contributed by atoms with Gasteiger partial charge in [0.25, 0.3) is 0 Å². The van der Waals surface area contributed by atoms with E-state index >= 15 is 0 Å². The van der Waals surface area contributed by atoms with Crippen molar-refractivity contribution < 1.29 is 8.83 Å². The molecule has 304 valence electrons. The molecule has 0 fully saturated rings. The summed E-state index contributed by atoms with van der Waals surface area (Å²) < 4.78 is 12.9. The van der Waals surface area contributed by atoms with E-state index in [1.54, 1.807) is 0 Å². The average Bonchev–Trinajstić information content (AvgIpc) is 3.96. The second-order valence-corrected chi connectivity index (χ2v) is 16.9. The highest BCUT2D eigenvalue weighted by Crippen LogP contribution is 2.41. The van der Waals surface area contributed by atoms with Gasteiger partial charge in [-0.25, -0.2) is 0 Å². The maximum absolute atomic E-state index is 6.44. The molecule has 0 N–H and O–H groups in total. The van der Waals surface area contributed by atoms with Crippen LogP contribution in [0.2, 0.25) is 0 Å². The number of anilines is 3. The Hall–Kier alpha value is -8.66. The van der Waals surface area contributed by atoms with E-state index in [9.17, 15) is 0 Å². The first-order valence-electron chi connectivity index (χ1n) is 22.1. The van der Waals surface area contributed by atoms with Gasteiger partial charge in [0.2, 0.25) is 0 Å². The summed E-state index contributed by atoms with van der Waals surface area (Å²) in [6.07, 6.45) is 0. The molecule has 0 saturated carbocycles. The molecule has 0 spiro atoms. The first-order valence-corrected chi connectivity index (χ1v) is 22.1. The summed E-state index contributed by atoms with van der Waals surface area (Å²) in [5.41, 5.74) is 16.2. The van der Waals surface area contributed by atoms with Crippen molar-refractivity contribution in [3.8, 4) is 44.5 Å². The van der Waals surface area contributed by atoms with Crippen LogP contribution in [0.1, 0.15) is 0 Å². The van der Waals surface area contributed by atoms with Crippen LogP contribution in [0.15, 0.2) is 245 Å². The van der Waals surface area contributed by atoms with E-state index in [1.165, 1.54) is 33.0 Å². The molecule has 2 heterocycles. The van der Waals surface area contributed by atoms with Gasteiger partial charge in [0, 0.05) is 49.4 Å². The molecule has 0 saturated heterocycles. The number of fused-ring (bicyclic) bond motifs is 10. The first kappa shape index (κ1) is 36.9. The van der Waals surface area contributed by atoms with Gasteiger partial charge in [-0.3, -0.25) is 0 Å². The molecule has 11 aromatic carbocycles. The van der Waals surface area contributed by atoms with Gasteiger partial charge in [-0.2, -0.15) is 0 Å². The van der Waals surface area contributed by atoms with Gasteiger partial charge in [-0.15, -0.1) is 0 Å². The third-order valence-electron chi connectivity index (χ3n) is 13.1. The summed E-state index contributed by atoms with van der Waals surface area (Å²) in [4.78, 5) is 2.34. The first-order chi connectivity index (χ1) is 32.2. The maximum atomic E-state index is 6.44. The molecular formula is C62H39NO2. The summed E-state index contributed by atoms with van der Waals surface area (Å²) in [5, 5.41) is 9.14. The van der Waals surface area contributed by atoms with Gasteiger partial charge < -0.3 is 13.7 Å². The predicted molar refractivity (Wildman–Crippen MR) is 272 cm³/mol. The van der Waals surface area contributed by atoms with E-state index in [4.69, 9.17) is 8.83 Å². The molecular weight excluding hydrogens is 791 g/mol. The van der Waals surface area contributed by atoms with E-state index in [0.29, 0.717) is 0 Å². The van der Waals surface area contributed by atoms with Crippen LogP contribution in [0, 0.1) is 0 Å². The molecule has 3 nitrogen and oxygen atoms in total. The van der Waals surface area contributed by atoms with E-state index < -0.39 is 0 Å². The molecule has 13 aromatic rings. The average molecular weight is 830 g/mol. The standard InChI is InChI=1S/C62H39NO2/c1-2-8-40(9-3-1)41-14-16-42(17-15-41)43-18-28-50(29-19-43)63(51-30-20-44(21-31-51)48-26-36-59-57(38-48)55-34-24-46-10-4-6-12-53(46)61(55)64-59)52-32-22-45(23-33-52)49-27-37-60-58(39-49)56-35-25-47-11-5-7-13-54(47)62(56)65-60/h1-39H. The molecule has 0 aliphatic carbocycles. The summed E-state index contributed by atoms with van der Waals surface area (Å²) in [7, 11) is 0. The molecule has 65 heavy (non-hydrogen) atoms. The van der Waals surface area contributed by atoms with Gasteiger partial charge >= 0.3 is 0 Å². The number of hydrogen-bond donors (Lipinski definition) is 0. The van der Waals surface area contributed by atoms with Crippen molar-refractivity contribution in [1.82, 2.24) is 0 Å². The fraction of sp³-hybridized carbons (Fsp3) is 0. The molecule has 0 unspecified atom stereocenters. The topological polar surface area (TPSA) is 29.5 Å². The molecule has 2 aromatic heterocycles. The van der Waals surface area contributed by atoms with Gasteiger partial charge in [-0.05, 0) is 128 Å². The van der Waals surface area contributed by atoms with Crippen LogP contribution < -0.4 is 4.90 Å². The largest absolute Gasteiger partial charge is 0.455 e. The van der Waals surface area contributed by atoms with Crippen LogP contribution in [0.5, 0.6) is 0 Å². The smallest absolute Gasteiger partial charge is 0.143 e. The third-order valence-corrected chi connectivity index (χ3v) is 13.1. The molecule has 0 amide bonds. The van der Waals surface area contributed by atoms with Gasteiger partial charge in [0.15, 0.2) is 0 Å². The lowest BCUT2D eigenvalue weighted by Gasteiger charge is -2.26. The minimum Gasteiger partial charge on any atom is -0.455 e. The maximum Gasteiger partial charge on any atom is 0.143 e. The van der Waals surface area contributed by atoms with Crippen LogP contribution in [0.25, 0.3) is 110 Å². The fourth-order valence-electron chi connectivity index (χ4n) is 9.71. The fourth-order valence-corrected chi connectivity index (χ4v) is 9.71. The molecule has 3 heteroatoms. The van der Waals surface area contributed by atoms with E-state index in [2.05, 4.69) is 241 Å². The van der Waals surface area contributed by atoms with Crippen molar-refractivity contribution in [2.24, 2.45) is 0 Å². The van der Waals surface area contributed by atoms with Crippen LogP contribution in [0.3, 0.4) is 0 Å². The predicted octanol–water partition coefficient (Wildman–Crippen LogP) is 17.9. The van der Waals surface area contributed by atoms with Crippen LogP contribution in [-0.4, -0.2) is 0 Å². The number of rotatable bonds is 7. The lowest BCUT2D eigenvalue weighted by atomic mass is 9.99. The Balaban J connectivity index is 0.859. The van der Waals surface area contributed by atoms with E-state index in [-0.39, 0.29) is 0 Å². The Morgan fingerprint density at radius 3 is 1.00 bits per heavy atom. The molecule has 0 aliphatic rings. The van der Waals surface area contributed by atoms with Crippen molar-refractivity contribution in [2.45, 2.75) is 0 Å². The van der Waals surface area contributed by atoms with Gasteiger partial charge in [0.1, 0.15) is 22.3 Å². The van der Waals surface area contributed by atoms with Gasteiger partial charge in [-0.1, -0.05) is 164 Å². The third kappa shape index (κ3) is 6.36. The molecule has 13 rings (SSSR count). The Kier molecular flexibility index (Phi) is 8.53. The minimum atomic E-state index is 0.897. The monoisotopic (exact) mass is 829 g/mol. The van der Waals surface area contributed by atoms with Crippen LogP contribution in [0.4, 0.5) is 17.1 Å². The molecule has 0 bridgehead atoms. The molecule has 0 aliphatic heterocycles. The Bertz CT molecular complexity index is 3700. The normalized spacial score (nSPS) is 11.7. The zero-order valence-corrected chi connectivity index (χ0v) is 35.3. The van der Waals surface area contributed by atoms with E-state index in [0.717, 1.165) is 94.0 Å². The lowest BCUT2D eigenvalue weighted by molar-refractivity contribution is 0.672. The minimum absolute atomic E-state index is 0.897. The highest BCUT2D eigenvalue weighted by Gasteiger charge is 2.17. The zero-order chi connectivity index (χ0) is 42.8. The van der Waals surface area contributed by atoms with Crippen LogP contribution >= 0.6 is 0 Å². The Morgan fingerprint density at radius 2 is 0.569 bits per heavy atom. The van der Waals surface area contributed by atoms with Crippen molar-refractivity contribution in [3.05, 3.63) is 237 Å². The van der Waals surface area contributed by atoms with Crippen LogP contribution in [-0.2, 0) is 0 Å². The van der Waals surface area contributed by atoms with Crippen molar-refractivity contribution in [2.75, 3.05) is 4.90 Å². The van der Waals surface area contributed by atoms with Gasteiger partial charge in [0.05, 0.1) is 0 Å². The molecule has 0 radical (unpaired) electrons. The quantitative estimate of drug-likeness (QED) is 0.160. The number of nitrogens with zero attached hydrogens (tertiary/aromatic N) is 1. The molecule has 0 atom stereocenters. The summed E-state index contributed by atoms with van der Waals surface area (Å²) >= 11 is 0. The SMILES string of the molecule is c1ccc(-c2ccc(-c3ccc(N(c4ccc(-c5ccc6oc7c8ccccc8ccc7c6c5)cc4)c4ccc(-c5ccc6oc7c8ccccc8ccc7c6c5)cc4)cc3)cc2)cc1. The second-order valence-electron chi connectivity index (χ2n) is 16.9. The Labute approximate surface area is 375 Å². The summed E-state index contributed by atoms with van der Waals surface area (Å²) in [6, 6.07) is 84.7. The number of furan rings is 2. The van der Waals surface area contributed by atoms with Crippen molar-refractivity contribution in [3.63, 3.8) is 0 Å². The lowest BCUT2D eigenvalue weighted by Crippen LogP contribution is -2.09. The highest BCUT2D eigenvalue weighted by molar-refractivity contribution is 6.16. The Morgan fingerprint density at radius 1 is 0.231 bits per heavy atom. The summed E-state index contributed by atoms with van der Waals surface area (Å²) in [5.74, 6) is 0. The number of benzene rings is 11. The summed E-state index contributed by atoms with van der Waals surface area (Å²) in [6.45, 7) is 0. The second kappa shape index (κ2) is 15.0. The number of hydrogen-bond acceptors (Lipinski definition) is 3.